The molecule has 0 aliphatic heterocycles. The highest BCUT2D eigenvalue weighted by molar-refractivity contribution is 7.18. The van der Waals surface area contributed by atoms with E-state index in [4.69, 9.17) is 21.6 Å². The van der Waals surface area contributed by atoms with Gasteiger partial charge in [0.1, 0.15) is 11.6 Å². The SMILES string of the molecule is CC.N#Cc1ccnc(OCc2nc3cc(Cl)ccc3s2)c1. The Balaban J connectivity index is 0.000000847. The van der Waals surface area contributed by atoms with E-state index in [1.165, 1.54) is 0 Å². The Morgan fingerprint density at radius 1 is 1.27 bits per heavy atom. The first-order valence-electron chi connectivity index (χ1n) is 6.78. The van der Waals surface area contributed by atoms with Gasteiger partial charge in [-0.2, -0.15) is 5.26 Å². The van der Waals surface area contributed by atoms with Crippen molar-refractivity contribution in [2.24, 2.45) is 0 Å². The number of halogens is 1. The Morgan fingerprint density at radius 2 is 2.09 bits per heavy atom. The largest absolute Gasteiger partial charge is 0.470 e. The van der Waals surface area contributed by atoms with Crippen LogP contribution in [0.5, 0.6) is 5.88 Å². The maximum absolute atomic E-state index is 8.81. The molecule has 1 aromatic carbocycles. The van der Waals surface area contributed by atoms with Crippen LogP contribution >= 0.6 is 22.9 Å². The fourth-order valence-corrected chi connectivity index (χ4v) is 2.73. The standard InChI is InChI=1S/C14H8ClN3OS.C2H6/c15-10-1-2-12-11(6-10)18-14(20-12)8-19-13-5-9(7-16)3-4-17-13;1-2/h1-6H,8H2;1-2H3. The predicted octanol–water partition coefficient (Wildman–Crippen LogP) is 4.82. The van der Waals surface area contributed by atoms with Gasteiger partial charge in [-0.15, -0.1) is 11.3 Å². The van der Waals surface area contributed by atoms with Gasteiger partial charge in [-0.05, 0) is 24.3 Å². The second-order valence-electron chi connectivity index (χ2n) is 4.00. The normalized spacial score (nSPS) is 9.73. The summed E-state index contributed by atoms with van der Waals surface area (Å²) in [7, 11) is 0. The first kappa shape index (κ1) is 16.2. The molecule has 6 heteroatoms. The van der Waals surface area contributed by atoms with Gasteiger partial charge in [0.15, 0.2) is 0 Å². The Kier molecular flexibility index (Phi) is 5.70. The van der Waals surface area contributed by atoms with Crippen molar-refractivity contribution in [2.75, 3.05) is 0 Å². The third-order valence-corrected chi connectivity index (χ3v) is 3.85. The molecule has 2 heterocycles. The molecular weight excluding hydrogens is 318 g/mol. The molecule has 0 spiro atoms. The second kappa shape index (κ2) is 7.74. The van der Waals surface area contributed by atoms with Crippen molar-refractivity contribution >= 4 is 33.2 Å². The number of nitriles is 1. The van der Waals surface area contributed by atoms with Gasteiger partial charge in [0.2, 0.25) is 5.88 Å². The van der Waals surface area contributed by atoms with Crippen molar-refractivity contribution in [3.05, 3.63) is 52.1 Å². The van der Waals surface area contributed by atoms with Crippen molar-refractivity contribution < 1.29 is 4.74 Å². The third kappa shape index (κ3) is 3.94. The fraction of sp³-hybridized carbons (Fsp3) is 0.188. The molecule has 0 unspecified atom stereocenters. The van der Waals surface area contributed by atoms with E-state index in [1.54, 1.807) is 29.7 Å². The van der Waals surface area contributed by atoms with Crippen LogP contribution in [-0.2, 0) is 6.61 Å². The summed E-state index contributed by atoms with van der Waals surface area (Å²) in [5.74, 6) is 0.418. The van der Waals surface area contributed by atoms with E-state index in [1.807, 2.05) is 38.1 Å². The van der Waals surface area contributed by atoms with E-state index in [0.717, 1.165) is 15.2 Å². The van der Waals surface area contributed by atoms with E-state index in [0.29, 0.717) is 23.1 Å². The van der Waals surface area contributed by atoms with E-state index in [-0.39, 0.29) is 0 Å². The van der Waals surface area contributed by atoms with Crippen LogP contribution in [0.4, 0.5) is 0 Å². The highest BCUT2D eigenvalue weighted by Crippen LogP contribution is 2.25. The lowest BCUT2D eigenvalue weighted by molar-refractivity contribution is 0.293. The van der Waals surface area contributed by atoms with Crippen LogP contribution in [0.3, 0.4) is 0 Å². The zero-order chi connectivity index (χ0) is 15.9. The lowest BCUT2D eigenvalue weighted by atomic mass is 10.3. The highest BCUT2D eigenvalue weighted by atomic mass is 35.5. The van der Waals surface area contributed by atoms with Crippen molar-refractivity contribution in [2.45, 2.75) is 20.5 Å². The first-order chi connectivity index (χ1) is 10.7. The Hall–Kier alpha value is -2.16. The zero-order valence-corrected chi connectivity index (χ0v) is 13.8. The monoisotopic (exact) mass is 331 g/mol. The minimum Gasteiger partial charge on any atom is -0.470 e. The first-order valence-corrected chi connectivity index (χ1v) is 7.98. The van der Waals surface area contributed by atoms with Gasteiger partial charge in [-0.25, -0.2) is 9.97 Å². The molecule has 0 atom stereocenters. The van der Waals surface area contributed by atoms with Crippen LogP contribution < -0.4 is 4.74 Å². The van der Waals surface area contributed by atoms with E-state index >= 15 is 0 Å². The number of hydrogen-bond acceptors (Lipinski definition) is 5. The zero-order valence-electron chi connectivity index (χ0n) is 12.2. The molecule has 0 saturated heterocycles. The average molecular weight is 332 g/mol. The minimum atomic E-state index is 0.318. The molecular formula is C16H14ClN3OS. The summed E-state index contributed by atoms with van der Waals surface area (Å²) in [6.45, 7) is 4.32. The molecule has 0 aliphatic carbocycles. The van der Waals surface area contributed by atoms with Crippen LogP contribution in [0.25, 0.3) is 10.2 Å². The van der Waals surface area contributed by atoms with Crippen LogP contribution in [0.2, 0.25) is 5.02 Å². The molecule has 0 radical (unpaired) electrons. The molecule has 2 aromatic heterocycles. The molecule has 0 bridgehead atoms. The number of aromatic nitrogens is 2. The molecule has 0 fully saturated rings. The van der Waals surface area contributed by atoms with E-state index in [9.17, 15) is 0 Å². The van der Waals surface area contributed by atoms with Gasteiger partial charge in [0.05, 0.1) is 21.8 Å². The predicted molar refractivity (Wildman–Crippen MR) is 89.3 cm³/mol. The van der Waals surface area contributed by atoms with Gasteiger partial charge in [-0.1, -0.05) is 25.4 Å². The Morgan fingerprint density at radius 3 is 2.86 bits per heavy atom. The lowest BCUT2D eigenvalue weighted by Crippen LogP contribution is -1.96. The summed E-state index contributed by atoms with van der Waals surface area (Å²) < 4.78 is 6.61. The van der Waals surface area contributed by atoms with Gasteiger partial charge in [0, 0.05) is 17.3 Å². The summed E-state index contributed by atoms with van der Waals surface area (Å²) in [6, 6.07) is 10.9. The number of pyridine rings is 1. The molecule has 4 nitrogen and oxygen atoms in total. The van der Waals surface area contributed by atoms with Gasteiger partial charge >= 0.3 is 0 Å². The van der Waals surface area contributed by atoms with Crippen LogP contribution in [-0.4, -0.2) is 9.97 Å². The number of ether oxygens (including phenoxy) is 1. The van der Waals surface area contributed by atoms with Crippen molar-refractivity contribution in [1.82, 2.24) is 9.97 Å². The number of rotatable bonds is 3. The van der Waals surface area contributed by atoms with Crippen molar-refractivity contribution in [3.8, 4) is 11.9 Å². The summed E-state index contributed by atoms with van der Waals surface area (Å²) in [5.41, 5.74) is 1.38. The van der Waals surface area contributed by atoms with E-state index < -0.39 is 0 Å². The number of hydrogen-bond donors (Lipinski definition) is 0. The van der Waals surface area contributed by atoms with Crippen molar-refractivity contribution in [3.63, 3.8) is 0 Å². The molecule has 3 rings (SSSR count). The summed E-state index contributed by atoms with van der Waals surface area (Å²) >= 11 is 7.47. The molecule has 3 aromatic rings. The molecule has 22 heavy (non-hydrogen) atoms. The Labute approximate surface area is 138 Å². The Bertz CT molecular complexity index is 811. The number of nitrogens with zero attached hydrogens (tertiary/aromatic N) is 3. The molecule has 0 saturated carbocycles. The number of fused-ring (bicyclic) bond motifs is 1. The van der Waals surface area contributed by atoms with E-state index in [2.05, 4.69) is 9.97 Å². The molecule has 0 amide bonds. The minimum absolute atomic E-state index is 0.318. The topological polar surface area (TPSA) is 58.8 Å². The van der Waals surface area contributed by atoms with Crippen LogP contribution in [0.15, 0.2) is 36.5 Å². The number of thiazole rings is 1. The van der Waals surface area contributed by atoms with Gasteiger partial charge in [-0.3, -0.25) is 0 Å². The third-order valence-electron chi connectivity index (χ3n) is 2.60. The van der Waals surface area contributed by atoms with Crippen LogP contribution in [0, 0.1) is 11.3 Å². The summed E-state index contributed by atoms with van der Waals surface area (Å²) in [4.78, 5) is 8.50. The lowest BCUT2D eigenvalue weighted by Gasteiger charge is -2.02. The van der Waals surface area contributed by atoms with Crippen LogP contribution in [0.1, 0.15) is 24.4 Å². The summed E-state index contributed by atoms with van der Waals surface area (Å²) in [5, 5.41) is 10.3. The molecule has 0 N–H and O–H groups in total. The molecule has 112 valence electrons. The smallest absolute Gasteiger partial charge is 0.214 e. The maximum atomic E-state index is 8.81. The summed E-state index contributed by atoms with van der Waals surface area (Å²) in [6.07, 6.45) is 1.55. The number of benzene rings is 1. The second-order valence-corrected chi connectivity index (χ2v) is 5.55. The average Bonchev–Trinajstić information content (AvgIpc) is 2.97. The van der Waals surface area contributed by atoms with Gasteiger partial charge < -0.3 is 4.74 Å². The van der Waals surface area contributed by atoms with Gasteiger partial charge in [0.25, 0.3) is 0 Å². The highest BCUT2D eigenvalue weighted by Gasteiger charge is 2.06. The fourth-order valence-electron chi connectivity index (χ4n) is 1.70. The molecule has 0 aliphatic rings. The quantitative estimate of drug-likeness (QED) is 0.690. The van der Waals surface area contributed by atoms with Crippen molar-refractivity contribution in [1.29, 1.82) is 5.26 Å². The maximum Gasteiger partial charge on any atom is 0.214 e.